The van der Waals surface area contributed by atoms with Gasteiger partial charge in [-0.15, -0.1) is 0 Å². The Balaban J connectivity index is 0.000000195. The monoisotopic (exact) mass is 909 g/mol. The van der Waals surface area contributed by atoms with Crippen LogP contribution >= 0.6 is 0 Å². The van der Waals surface area contributed by atoms with Crippen LogP contribution in [0.5, 0.6) is 11.5 Å². The fourth-order valence-electron chi connectivity index (χ4n) is 10.1. The average Bonchev–Trinajstić information content (AvgIpc) is 3.30. The molecule has 16 heteroatoms. The van der Waals surface area contributed by atoms with Gasteiger partial charge in [0, 0.05) is 75.2 Å². The highest BCUT2D eigenvalue weighted by Gasteiger charge is 2.40. The number of amides is 2. The molecule has 1 aromatic heterocycles. The van der Waals surface area contributed by atoms with Crippen LogP contribution in [0.3, 0.4) is 0 Å². The smallest absolute Gasteiger partial charge is 0.433 e. The minimum absolute atomic E-state index is 0.0317. The quantitative estimate of drug-likeness (QED) is 0.177. The number of carbonyl (C=O) groups is 2. The summed E-state index contributed by atoms with van der Waals surface area (Å²) in [5, 5.41) is 19.0. The van der Waals surface area contributed by atoms with Gasteiger partial charge in [-0.2, -0.15) is 26.3 Å². The second kappa shape index (κ2) is 19.7. The number of aliphatic hydroxyl groups excluding tert-OH is 1. The van der Waals surface area contributed by atoms with Gasteiger partial charge in [0.2, 0.25) is 0 Å². The standard InChI is InChI=1S/C25H30F3N3O3.C24H27F3N2O2/c1-16-17(2)22(34-13-12-32)8-7-20(16)21-5-3-4-19-15-30(10-11-31(19)21)24(33)18-6-9-23(29-14-18)25(26,27)28;1-15-16(2)22(30)11-10-20(15)21-5-3-4-19-14-28(12-13-29(19)21)23(31)17-6-8-18(9-7-17)24(25,26)27/h6-9,14,19,21,32H,3-5,10-13,15H2,1-2H3;6-11,19,21,30H,3-5,12-14H2,1-2H3/t2*19-,21+/m00/s1. The molecule has 4 saturated heterocycles. The van der Waals surface area contributed by atoms with Crippen LogP contribution in [-0.2, 0) is 12.4 Å². The van der Waals surface area contributed by atoms with Crippen molar-refractivity contribution < 1.29 is 50.9 Å². The number of carbonyl (C=O) groups excluding carboxylic acids is 2. The topological polar surface area (TPSA) is 110 Å². The fraction of sp³-hybridized carbons (Fsp3) is 0.490. The summed E-state index contributed by atoms with van der Waals surface area (Å²) in [7, 11) is 0. The average molecular weight is 910 g/mol. The number of benzene rings is 3. The molecule has 65 heavy (non-hydrogen) atoms. The van der Waals surface area contributed by atoms with Gasteiger partial charge in [0.05, 0.1) is 17.7 Å². The predicted octanol–water partition coefficient (Wildman–Crippen LogP) is 9.22. The maximum atomic E-state index is 13.0. The van der Waals surface area contributed by atoms with Crippen molar-refractivity contribution in [1.82, 2.24) is 24.6 Å². The van der Waals surface area contributed by atoms with E-state index in [-0.39, 0.29) is 54.8 Å². The Morgan fingerprint density at radius 3 is 1.68 bits per heavy atom. The molecule has 3 aromatic carbocycles. The van der Waals surface area contributed by atoms with Crippen molar-refractivity contribution in [2.45, 2.75) is 103 Å². The molecular weight excluding hydrogens is 853 g/mol. The molecule has 0 radical (unpaired) electrons. The molecule has 350 valence electrons. The zero-order valence-corrected chi connectivity index (χ0v) is 37.2. The first-order valence-electron chi connectivity index (χ1n) is 22.3. The SMILES string of the molecule is Cc1c(O)ccc([C@H]2CCC[C@H]3CN(C(=O)c4ccc(C(F)(F)F)cc4)CCN32)c1C.Cc1c(OCCO)ccc([C@H]2CCC[C@H]3CN(C(=O)c4ccc(C(F)(F)F)nc4)CCN32)c1C. The molecule has 10 nitrogen and oxygen atoms in total. The largest absolute Gasteiger partial charge is 0.508 e. The Morgan fingerprint density at radius 1 is 0.646 bits per heavy atom. The van der Waals surface area contributed by atoms with Gasteiger partial charge in [-0.1, -0.05) is 12.1 Å². The first-order valence-corrected chi connectivity index (χ1v) is 22.3. The molecule has 4 atom stereocenters. The zero-order valence-electron chi connectivity index (χ0n) is 37.2. The summed E-state index contributed by atoms with van der Waals surface area (Å²) in [6, 6.07) is 15.3. The fourth-order valence-corrected chi connectivity index (χ4v) is 10.1. The number of hydrogen-bond donors (Lipinski definition) is 2. The summed E-state index contributed by atoms with van der Waals surface area (Å²) in [6.07, 6.45) is -1.79. The Kier molecular flexibility index (Phi) is 14.5. The van der Waals surface area contributed by atoms with E-state index >= 15 is 0 Å². The Labute approximate surface area is 375 Å². The third-order valence-electron chi connectivity index (χ3n) is 13.9. The minimum Gasteiger partial charge on any atom is -0.508 e. The van der Waals surface area contributed by atoms with Crippen molar-refractivity contribution >= 4 is 11.8 Å². The van der Waals surface area contributed by atoms with Gasteiger partial charge < -0.3 is 24.7 Å². The second-order valence-corrected chi connectivity index (χ2v) is 17.6. The second-order valence-electron chi connectivity index (χ2n) is 17.6. The number of phenols is 1. The van der Waals surface area contributed by atoms with E-state index < -0.39 is 23.6 Å². The predicted molar refractivity (Wildman–Crippen MR) is 233 cm³/mol. The van der Waals surface area contributed by atoms with E-state index in [1.54, 1.807) is 15.9 Å². The summed E-state index contributed by atoms with van der Waals surface area (Å²) in [5.41, 5.74) is 5.45. The van der Waals surface area contributed by atoms with Crippen molar-refractivity contribution in [3.63, 3.8) is 0 Å². The van der Waals surface area contributed by atoms with Crippen molar-refractivity contribution in [3.05, 3.63) is 123 Å². The molecule has 8 rings (SSSR count). The van der Waals surface area contributed by atoms with E-state index in [9.17, 15) is 41.0 Å². The summed E-state index contributed by atoms with van der Waals surface area (Å²) in [5.74, 6) is 0.594. The molecule has 0 unspecified atom stereocenters. The number of piperidine rings is 2. The number of aliphatic hydroxyl groups is 1. The maximum absolute atomic E-state index is 13.0. The molecule has 4 aliphatic rings. The van der Waals surface area contributed by atoms with Crippen LogP contribution in [0.15, 0.2) is 66.9 Å². The summed E-state index contributed by atoms with van der Waals surface area (Å²) < 4.78 is 82.4. The molecular formula is C49H57F6N5O5. The van der Waals surface area contributed by atoms with E-state index in [1.165, 1.54) is 34.9 Å². The maximum Gasteiger partial charge on any atom is 0.433 e. The van der Waals surface area contributed by atoms with Crippen LogP contribution in [0.4, 0.5) is 26.3 Å². The number of ether oxygens (including phenoxy) is 1. The lowest BCUT2D eigenvalue weighted by Gasteiger charge is -2.48. The normalized spacial score (nSPS) is 21.8. The molecule has 2 amide bonds. The van der Waals surface area contributed by atoms with E-state index in [1.807, 2.05) is 32.9 Å². The van der Waals surface area contributed by atoms with Crippen LogP contribution in [0, 0.1) is 27.7 Å². The van der Waals surface area contributed by atoms with Gasteiger partial charge in [0.15, 0.2) is 0 Å². The van der Waals surface area contributed by atoms with Gasteiger partial charge in [-0.25, -0.2) is 0 Å². The highest BCUT2D eigenvalue weighted by atomic mass is 19.4. The number of nitrogens with zero attached hydrogens (tertiary/aromatic N) is 5. The number of phenolic OH excluding ortho intramolecular Hbond substituents is 1. The molecule has 2 N–H and O–H groups in total. The number of fused-ring (bicyclic) bond motifs is 2. The van der Waals surface area contributed by atoms with E-state index in [0.717, 1.165) is 91.9 Å². The van der Waals surface area contributed by atoms with E-state index in [4.69, 9.17) is 9.84 Å². The van der Waals surface area contributed by atoms with E-state index in [0.29, 0.717) is 44.0 Å². The molecule has 5 heterocycles. The third kappa shape index (κ3) is 10.4. The number of pyridine rings is 1. The number of aromatic hydroxyl groups is 1. The number of aromatic nitrogens is 1. The highest BCUT2D eigenvalue weighted by Crippen LogP contribution is 2.41. The number of halogens is 6. The Bertz CT molecular complexity index is 2320. The number of alkyl halides is 6. The number of hydrogen-bond acceptors (Lipinski definition) is 8. The minimum atomic E-state index is -4.52. The lowest BCUT2D eigenvalue weighted by atomic mass is 9.86. The molecule has 0 spiro atoms. The van der Waals surface area contributed by atoms with E-state index in [2.05, 4.69) is 27.8 Å². The van der Waals surface area contributed by atoms with Gasteiger partial charge >= 0.3 is 12.4 Å². The molecule has 4 fully saturated rings. The van der Waals surface area contributed by atoms with Gasteiger partial charge in [0.1, 0.15) is 23.8 Å². The summed E-state index contributed by atoms with van der Waals surface area (Å²) >= 11 is 0. The van der Waals surface area contributed by atoms with Crippen LogP contribution in [-0.4, -0.2) is 111 Å². The number of rotatable bonds is 7. The van der Waals surface area contributed by atoms with Gasteiger partial charge in [-0.05, 0) is 148 Å². The number of piperazine rings is 2. The first-order chi connectivity index (χ1) is 30.9. The van der Waals surface area contributed by atoms with Crippen LogP contribution in [0.1, 0.15) is 116 Å². The molecule has 4 aromatic rings. The molecule has 0 bridgehead atoms. The van der Waals surface area contributed by atoms with Crippen molar-refractivity contribution in [1.29, 1.82) is 0 Å². The van der Waals surface area contributed by atoms with Crippen LogP contribution in [0.25, 0.3) is 0 Å². The summed E-state index contributed by atoms with van der Waals surface area (Å²) in [6.45, 7) is 11.9. The van der Waals surface area contributed by atoms with Crippen molar-refractivity contribution in [2.75, 3.05) is 52.5 Å². The molecule has 0 aliphatic carbocycles. The Hall–Kier alpha value is -5.19. The van der Waals surface area contributed by atoms with Gasteiger partial charge in [-0.3, -0.25) is 24.4 Å². The third-order valence-corrected chi connectivity index (χ3v) is 13.9. The molecule has 4 aliphatic heterocycles. The summed E-state index contributed by atoms with van der Waals surface area (Å²) in [4.78, 5) is 37.7. The van der Waals surface area contributed by atoms with Gasteiger partial charge in [0.25, 0.3) is 11.8 Å². The lowest BCUT2D eigenvalue weighted by molar-refractivity contribution is -0.141. The zero-order chi connectivity index (χ0) is 46.8. The van der Waals surface area contributed by atoms with Crippen LogP contribution < -0.4 is 4.74 Å². The first kappa shape index (κ1) is 47.8. The highest BCUT2D eigenvalue weighted by molar-refractivity contribution is 5.94. The Morgan fingerprint density at radius 2 is 1.17 bits per heavy atom. The van der Waals surface area contributed by atoms with Crippen molar-refractivity contribution in [3.8, 4) is 11.5 Å². The lowest BCUT2D eigenvalue weighted by Crippen LogP contribution is -2.57. The van der Waals surface area contributed by atoms with Crippen LogP contribution in [0.2, 0.25) is 0 Å². The molecule has 0 saturated carbocycles. The van der Waals surface area contributed by atoms with Crippen molar-refractivity contribution in [2.24, 2.45) is 0 Å².